The number of hydrogen-bond donors (Lipinski definition) is 2. The molecular weight excluding hydrogens is 264 g/mol. The Bertz CT molecular complexity index is 490. The van der Waals surface area contributed by atoms with E-state index in [1.165, 1.54) is 0 Å². The molecule has 1 saturated heterocycles. The molecule has 1 fully saturated rings. The van der Waals surface area contributed by atoms with E-state index in [0.717, 1.165) is 25.2 Å². The summed E-state index contributed by atoms with van der Waals surface area (Å²) in [6.45, 7) is 2.01. The molecule has 5 nitrogen and oxygen atoms in total. The lowest BCUT2D eigenvalue weighted by Gasteiger charge is -2.22. The number of benzene rings is 1. The number of hydrogen-bond acceptors (Lipinski definition) is 4. The third kappa shape index (κ3) is 2.93. The molecule has 19 heavy (non-hydrogen) atoms. The molecule has 1 aromatic rings. The number of oxime groups is 1. The summed E-state index contributed by atoms with van der Waals surface area (Å²) in [4.78, 5) is 4.54. The molecule has 1 atom stereocenters. The molecule has 0 saturated carbocycles. The lowest BCUT2D eigenvalue weighted by atomic mass is 10.2. The van der Waals surface area contributed by atoms with Crippen molar-refractivity contribution in [3.63, 3.8) is 0 Å². The van der Waals surface area contributed by atoms with Crippen LogP contribution in [-0.4, -0.2) is 49.2 Å². The average molecular weight is 283 g/mol. The van der Waals surface area contributed by atoms with E-state index in [9.17, 15) is 0 Å². The molecule has 0 bridgehead atoms. The largest absolute Gasteiger partial charge is 0.409 e. The van der Waals surface area contributed by atoms with E-state index in [-0.39, 0.29) is 5.84 Å². The Hall–Kier alpha value is -1.46. The summed E-state index contributed by atoms with van der Waals surface area (Å²) >= 11 is 6.17. The summed E-state index contributed by atoms with van der Waals surface area (Å²) in [6, 6.07) is 6.18. The first-order chi connectivity index (χ1) is 9.02. The Morgan fingerprint density at radius 2 is 2.26 bits per heavy atom. The third-order valence-corrected chi connectivity index (χ3v) is 3.91. The maximum absolute atomic E-state index is 8.68. The SMILES string of the molecule is CN(C)C1CCN(c2ccc(C(N)=NO)c(Cl)c2)C1. The minimum Gasteiger partial charge on any atom is -0.409 e. The number of amidine groups is 1. The highest BCUT2D eigenvalue weighted by Crippen LogP contribution is 2.27. The first-order valence-corrected chi connectivity index (χ1v) is 6.59. The van der Waals surface area contributed by atoms with Gasteiger partial charge in [-0.25, -0.2) is 0 Å². The Balaban J connectivity index is 2.17. The number of halogens is 1. The molecular formula is C13H19ClN4O. The van der Waals surface area contributed by atoms with E-state index >= 15 is 0 Å². The first-order valence-electron chi connectivity index (χ1n) is 6.21. The second kappa shape index (κ2) is 5.67. The molecule has 0 aliphatic carbocycles. The maximum Gasteiger partial charge on any atom is 0.171 e. The monoisotopic (exact) mass is 282 g/mol. The van der Waals surface area contributed by atoms with E-state index in [2.05, 4.69) is 29.1 Å². The highest BCUT2D eigenvalue weighted by molar-refractivity contribution is 6.34. The zero-order chi connectivity index (χ0) is 14.0. The molecule has 6 heteroatoms. The normalized spacial score (nSPS) is 20.3. The second-order valence-corrected chi connectivity index (χ2v) is 5.41. The smallest absolute Gasteiger partial charge is 0.171 e. The predicted molar refractivity (Wildman–Crippen MR) is 78.3 cm³/mol. The van der Waals surface area contributed by atoms with Gasteiger partial charge in [0.1, 0.15) is 0 Å². The van der Waals surface area contributed by atoms with Crippen molar-refractivity contribution in [2.45, 2.75) is 12.5 Å². The summed E-state index contributed by atoms with van der Waals surface area (Å²) in [7, 11) is 4.20. The van der Waals surface area contributed by atoms with Gasteiger partial charge >= 0.3 is 0 Å². The van der Waals surface area contributed by atoms with Crippen molar-refractivity contribution >= 4 is 23.1 Å². The first kappa shape index (κ1) is 14.0. The summed E-state index contributed by atoms with van der Waals surface area (Å²) in [5.74, 6) is 0.0316. The van der Waals surface area contributed by atoms with Crippen molar-refractivity contribution < 1.29 is 5.21 Å². The Labute approximate surface area is 118 Å². The summed E-state index contributed by atoms with van der Waals surface area (Å²) in [6.07, 6.45) is 1.15. The molecule has 0 spiro atoms. The maximum atomic E-state index is 8.68. The number of likely N-dealkylation sites (N-methyl/N-ethyl adjacent to an activating group) is 1. The van der Waals surface area contributed by atoms with Crippen LogP contribution in [0.2, 0.25) is 5.02 Å². The minimum atomic E-state index is 0.0316. The molecule has 1 aliphatic rings. The number of nitrogens with zero attached hydrogens (tertiary/aromatic N) is 3. The molecule has 0 radical (unpaired) electrons. The molecule has 1 aliphatic heterocycles. The second-order valence-electron chi connectivity index (χ2n) is 5.00. The Morgan fingerprint density at radius 3 is 2.79 bits per heavy atom. The van der Waals surface area contributed by atoms with Crippen LogP contribution in [0.4, 0.5) is 5.69 Å². The zero-order valence-electron chi connectivity index (χ0n) is 11.2. The molecule has 1 heterocycles. The fraction of sp³-hybridized carbons (Fsp3) is 0.462. The van der Waals surface area contributed by atoms with Gasteiger partial charge in [-0.15, -0.1) is 0 Å². The molecule has 3 N–H and O–H groups in total. The molecule has 2 rings (SSSR count). The van der Waals surface area contributed by atoms with E-state index in [1.54, 1.807) is 6.07 Å². The van der Waals surface area contributed by atoms with E-state index in [0.29, 0.717) is 16.6 Å². The standard InChI is InChI=1S/C13H19ClN4O/c1-17(2)10-5-6-18(8-10)9-3-4-11(12(14)7-9)13(15)16-19/h3-4,7,10,19H,5-6,8H2,1-2H3,(H2,15,16). The summed E-state index contributed by atoms with van der Waals surface area (Å²) in [5, 5.41) is 12.2. The van der Waals surface area contributed by atoms with Crippen LogP contribution in [0.25, 0.3) is 0 Å². The average Bonchev–Trinajstić information content (AvgIpc) is 2.87. The molecule has 1 aromatic carbocycles. The third-order valence-electron chi connectivity index (χ3n) is 3.60. The highest BCUT2D eigenvalue weighted by atomic mass is 35.5. The van der Waals surface area contributed by atoms with Crippen LogP contribution in [0.1, 0.15) is 12.0 Å². The Morgan fingerprint density at radius 1 is 1.53 bits per heavy atom. The van der Waals surface area contributed by atoms with Gasteiger partial charge in [0.25, 0.3) is 0 Å². The van der Waals surface area contributed by atoms with Gasteiger partial charge in [0.2, 0.25) is 0 Å². The van der Waals surface area contributed by atoms with Crippen LogP contribution >= 0.6 is 11.6 Å². The van der Waals surface area contributed by atoms with Crippen LogP contribution in [0.15, 0.2) is 23.4 Å². The molecule has 0 aromatic heterocycles. The van der Waals surface area contributed by atoms with Crippen molar-refractivity contribution in [2.75, 3.05) is 32.1 Å². The molecule has 1 unspecified atom stereocenters. The van der Waals surface area contributed by atoms with E-state index in [4.69, 9.17) is 22.5 Å². The number of anilines is 1. The quantitative estimate of drug-likeness (QED) is 0.382. The number of nitrogens with two attached hydrogens (primary N) is 1. The van der Waals surface area contributed by atoms with Crippen LogP contribution in [-0.2, 0) is 0 Å². The van der Waals surface area contributed by atoms with Gasteiger partial charge in [0.15, 0.2) is 5.84 Å². The van der Waals surface area contributed by atoms with E-state index < -0.39 is 0 Å². The van der Waals surface area contributed by atoms with Gasteiger partial charge in [-0.3, -0.25) is 0 Å². The van der Waals surface area contributed by atoms with Crippen molar-refractivity contribution in [2.24, 2.45) is 10.9 Å². The van der Waals surface area contributed by atoms with Gasteiger partial charge in [-0.2, -0.15) is 0 Å². The van der Waals surface area contributed by atoms with Crippen molar-refractivity contribution in [1.82, 2.24) is 4.90 Å². The van der Waals surface area contributed by atoms with Crippen LogP contribution < -0.4 is 10.6 Å². The fourth-order valence-electron chi connectivity index (χ4n) is 2.36. The van der Waals surface area contributed by atoms with Crippen LogP contribution in [0.5, 0.6) is 0 Å². The van der Waals surface area contributed by atoms with Crippen LogP contribution in [0.3, 0.4) is 0 Å². The predicted octanol–water partition coefficient (Wildman–Crippen LogP) is 1.57. The molecule has 0 amide bonds. The van der Waals surface area contributed by atoms with Crippen molar-refractivity contribution in [3.8, 4) is 0 Å². The topological polar surface area (TPSA) is 65.1 Å². The minimum absolute atomic E-state index is 0.0316. The summed E-state index contributed by atoms with van der Waals surface area (Å²) in [5.41, 5.74) is 7.18. The van der Waals surface area contributed by atoms with Gasteiger partial charge < -0.3 is 20.7 Å². The molecule has 104 valence electrons. The lowest BCUT2D eigenvalue weighted by molar-refractivity contribution is 0.315. The summed E-state index contributed by atoms with van der Waals surface area (Å²) < 4.78 is 0. The zero-order valence-corrected chi connectivity index (χ0v) is 11.9. The Kier molecular flexibility index (Phi) is 4.17. The lowest BCUT2D eigenvalue weighted by Crippen LogP contribution is -2.31. The fourth-order valence-corrected chi connectivity index (χ4v) is 2.63. The number of rotatable bonds is 3. The van der Waals surface area contributed by atoms with Crippen LogP contribution in [0, 0.1) is 0 Å². The van der Waals surface area contributed by atoms with Crippen molar-refractivity contribution in [1.29, 1.82) is 0 Å². The van der Waals surface area contributed by atoms with Gasteiger partial charge in [-0.05, 0) is 38.7 Å². The van der Waals surface area contributed by atoms with Gasteiger partial charge in [0, 0.05) is 30.4 Å². The highest BCUT2D eigenvalue weighted by Gasteiger charge is 2.24. The van der Waals surface area contributed by atoms with Crippen molar-refractivity contribution in [3.05, 3.63) is 28.8 Å². The van der Waals surface area contributed by atoms with E-state index in [1.807, 2.05) is 12.1 Å². The van der Waals surface area contributed by atoms with Gasteiger partial charge in [-0.1, -0.05) is 16.8 Å². The van der Waals surface area contributed by atoms with Gasteiger partial charge in [0.05, 0.1) is 5.02 Å².